The van der Waals surface area contributed by atoms with Gasteiger partial charge in [-0.05, 0) is 27.8 Å². The molecule has 19 heavy (non-hydrogen) atoms. The maximum absolute atomic E-state index is 12.1. The number of hydrogen-bond acceptors (Lipinski definition) is 5. The molecule has 0 saturated carbocycles. The van der Waals surface area contributed by atoms with Crippen LogP contribution in [0.15, 0.2) is 17.2 Å². The van der Waals surface area contributed by atoms with Gasteiger partial charge in [-0.15, -0.1) is 0 Å². The van der Waals surface area contributed by atoms with Gasteiger partial charge in [-0.1, -0.05) is 0 Å². The molecule has 2 N–H and O–H groups in total. The Balaban J connectivity index is 2.84. The summed E-state index contributed by atoms with van der Waals surface area (Å²) < 4.78 is 26.2. The second-order valence-corrected chi connectivity index (χ2v) is 7.12. The second-order valence-electron chi connectivity index (χ2n) is 5.07. The second kappa shape index (κ2) is 5.70. The van der Waals surface area contributed by atoms with Crippen LogP contribution in [0.2, 0.25) is 0 Å². The van der Waals surface area contributed by atoms with Crippen LogP contribution in [0.5, 0.6) is 0 Å². The molecule has 7 nitrogen and oxygen atoms in total. The first-order valence-electron chi connectivity index (χ1n) is 5.90. The Bertz CT molecular complexity index is 587. The summed E-state index contributed by atoms with van der Waals surface area (Å²) in [6, 6.07) is 0. The third kappa shape index (κ3) is 4.32. The zero-order chi connectivity index (χ0) is 14.7. The number of nitrogens with one attached hydrogen (secondary N) is 2. The molecule has 0 aliphatic carbocycles. The van der Waals surface area contributed by atoms with Crippen molar-refractivity contribution in [1.82, 2.24) is 14.3 Å². The van der Waals surface area contributed by atoms with Gasteiger partial charge in [0.1, 0.15) is 0 Å². The van der Waals surface area contributed by atoms with Crippen molar-refractivity contribution < 1.29 is 8.42 Å². The van der Waals surface area contributed by atoms with Crippen LogP contribution in [0.3, 0.4) is 0 Å². The zero-order valence-corrected chi connectivity index (χ0v) is 12.4. The van der Waals surface area contributed by atoms with E-state index in [0.717, 1.165) is 0 Å². The number of anilines is 1. The van der Waals surface area contributed by atoms with Gasteiger partial charge in [0.05, 0.1) is 5.75 Å². The molecular formula is C11H20N4O3S. The summed E-state index contributed by atoms with van der Waals surface area (Å²) in [7, 11) is -1.94. The van der Waals surface area contributed by atoms with Crippen LogP contribution in [0.1, 0.15) is 20.8 Å². The van der Waals surface area contributed by atoms with Gasteiger partial charge < -0.3 is 9.88 Å². The summed E-state index contributed by atoms with van der Waals surface area (Å²) in [4.78, 5) is 16.1. The molecule has 0 aliphatic heterocycles. The fourth-order valence-electron chi connectivity index (χ4n) is 1.47. The fraction of sp³-hybridized carbons (Fsp3) is 0.636. The number of rotatable bonds is 5. The number of nitrogens with zero attached hydrogens (tertiary/aromatic N) is 2. The van der Waals surface area contributed by atoms with E-state index in [9.17, 15) is 13.2 Å². The third-order valence-corrected chi connectivity index (χ3v) is 3.90. The Labute approximate surface area is 113 Å². The average molecular weight is 288 g/mol. The van der Waals surface area contributed by atoms with Gasteiger partial charge in [0.15, 0.2) is 5.82 Å². The van der Waals surface area contributed by atoms with Gasteiger partial charge >= 0.3 is 0 Å². The molecule has 0 bridgehead atoms. The first kappa shape index (κ1) is 15.6. The summed E-state index contributed by atoms with van der Waals surface area (Å²) in [6.07, 6.45) is 3.12. The Hall–Kier alpha value is -1.41. The zero-order valence-electron chi connectivity index (χ0n) is 11.6. The molecule has 1 aromatic heterocycles. The van der Waals surface area contributed by atoms with Gasteiger partial charge in [-0.3, -0.25) is 4.79 Å². The fourth-order valence-corrected chi connectivity index (χ4v) is 2.04. The summed E-state index contributed by atoms with van der Waals surface area (Å²) in [5.74, 6) is 0.0402. The normalized spacial score (nSPS) is 12.4. The monoisotopic (exact) mass is 288 g/mol. The molecular weight excluding hydrogens is 268 g/mol. The Kier molecular flexibility index (Phi) is 4.70. The lowest BCUT2D eigenvalue weighted by Crippen LogP contribution is -2.36. The average Bonchev–Trinajstić information content (AvgIpc) is 2.29. The molecule has 1 rings (SSSR count). The molecule has 0 atom stereocenters. The van der Waals surface area contributed by atoms with Crippen LogP contribution < -0.4 is 15.6 Å². The van der Waals surface area contributed by atoms with E-state index in [1.807, 2.05) is 20.8 Å². The van der Waals surface area contributed by atoms with E-state index in [0.29, 0.717) is 0 Å². The van der Waals surface area contributed by atoms with Gasteiger partial charge in [0.25, 0.3) is 5.56 Å². The first-order chi connectivity index (χ1) is 8.67. The molecule has 0 fully saturated rings. The molecule has 8 heteroatoms. The van der Waals surface area contributed by atoms with E-state index in [1.54, 1.807) is 10.8 Å². The van der Waals surface area contributed by atoms with Gasteiger partial charge in [-0.2, -0.15) is 0 Å². The van der Waals surface area contributed by atoms with Crippen LogP contribution >= 0.6 is 0 Å². The Morgan fingerprint density at radius 1 is 1.37 bits per heavy atom. The van der Waals surface area contributed by atoms with E-state index < -0.39 is 10.0 Å². The quantitative estimate of drug-likeness (QED) is 0.793. The highest BCUT2D eigenvalue weighted by molar-refractivity contribution is 7.89. The number of sulfonamides is 1. The summed E-state index contributed by atoms with van der Waals surface area (Å²) >= 11 is 0. The van der Waals surface area contributed by atoms with Crippen LogP contribution in [-0.2, 0) is 15.6 Å². The van der Waals surface area contributed by atoms with Crippen molar-refractivity contribution in [1.29, 1.82) is 0 Å². The van der Waals surface area contributed by atoms with Crippen LogP contribution in [0, 0.1) is 0 Å². The molecule has 1 aromatic rings. The van der Waals surface area contributed by atoms with Crippen LogP contribution in [0.25, 0.3) is 0 Å². The van der Waals surface area contributed by atoms with Gasteiger partial charge in [-0.25, -0.2) is 18.1 Å². The Morgan fingerprint density at radius 3 is 2.53 bits per heavy atom. The number of aromatic nitrogens is 2. The predicted octanol–water partition coefficient (Wildman–Crippen LogP) is -0.0406. The van der Waals surface area contributed by atoms with Crippen molar-refractivity contribution in [2.45, 2.75) is 26.3 Å². The first-order valence-corrected chi connectivity index (χ1v) is 7.56. The lowest BCUT2D eigenvalue weighted by atomic mass is 10.1. The minimum Gasteiger partial charge on any atom is -0.364 e. The molecule has 0 saturated heterocycles. The minimum atomic E-state index is -3.29. The summed E-state index contributed by atoms with van der Waals surface area (Å²) in [5, 5.41) is 2.75. The molecule has 1 heterocycles. The highest BCUT2D eigenvalue weighted by Crippen LogP contribution is 2.10. The van der Waals surface area contributed by atoms with Crippen molar-refractivity contribution in [2.24, 2.45) is 0 Å². The summed E-state index contributed by atoms with van der Waals surface area (Å²) in [5.41, 5.74) is -0.620. The molecule has 108 valence electrons. The minimum absolute atomic E-state index is 0.116. The lowest BCUT2D eigenvalue weighted by molar-refractivity contribution is 0.383. The van der Waals surface area contributed by atoms with Crippen molar-refractivity contribution in [3.05, 3.63) is 22.7 Å². The smallest absolute Gasteiger partial charge is 0.293 e. The van der Waals surface area contributed by atoms with Crippen LogP contribution in [-0.4, -0.2) is 37.3 Å². The van der Waals surface area contributed by atoms with Crippen molar-refractivity contribution in [3.8, 4) is 0 Å². The molecule has 0 spiro atoms. The van der Waals surface area contributed by atoms with Crippen LogP contribution in [0.4, 0.5) is 5.82 Å². The van der Waals surface area contributed by atoms with Crippen molar-refractivity contribution >= 4 is 15.8 Å². The molecule has 0 aliphatic rings. The maximum Gasteiger partial charge on any atom is 0.293 e. The van der Waals surface area contributed by atoms with Crippen molar-refractivity contribution in [3.63, 3.8) is 0 Å². The van der Waals surface area contributed by atoms with E-state index in [-0.39, 0.29) is 29.2 Å². The largest absolute Gasteiger partial charge is 0.364 e. The molecule has 0 aromatic carbocycles. The SMILES string of the molecule is CNS(=O)(=O)CCNc1nccn(C(C)(C)C)c1=O. The highest BCUT2D eigenvalue weighted by atomic mass is 32.2. The van der Waals surface area contributed by atoms with E-state index in [4.69, 9.17) is 0 Å². The van der Waals surface area contributed by atoms with E-state index in [1.165, 1.54) is 13.2 Å². The van der Waals surface area contributed by atoms with Gasteiger partial charge in [0.2, 0.25) is 10.0 Å². The van der Waals surface area contributed by atoms with E-state index in [2.05, 4.69) is 15.0 Å². The molecule has 0 radical (unpaired) electrons. The Morgan fingerprint density at radius 2 is 2.00 bits per heavy atom. The van der Waals surface area contributed by atoms with E-state index >= 15 is 0 Å². The number of hydrogen-bond donors (Lipinski definition) is 2. The highest BCUT2D eigenvalue weighted by Gasteiger charge is 2.16. The third-order valence-electron chi connectivity index (χ3n) is 2.54. The maximum atomic E-state index is 12.1. The van der Waals surface area contributed by atoms with Gasteiger partial charge in [0, 0.05) is 24.5 Å². The standard InChI is InChI=1S/C11H20N4O3S/c1-11(2,3)15-7-5-13-9(10(15)16)14-6-8-19(17,18)12-4/h5,7,12H,6,8H2,1-4H3,(H,13,14). The molecule has 0 amide bonds. The topological polar surface area (TPSA) is 93.1 Å². The summed E-state index contributed by atoms with van der Waals surface area (Å²) in [6.45, 7) is 5.84. The molecule has 0 unspecified atom stereocenters. The van der Waals surface area contributed by atoms with Crippen molar-refractivity contribution in [2.75, 3.05) is 24.7 Å². The predicted molar refractivity (Wildman–Crippen MR) is 74.8 cm³/mol. The lowest BCUT2D eigenvalue weighted by Gasteiger charge is -2.22.